The number of aromatic nitrogens is 3. The molecule has 0 bridgehead atoms. The van der Waals surface area contributed by atoms with E-state index in [0.29, 0.717) is 18.0 Å². The zero-order valence-electron chi connectivity index (χ0n) is 10.1. The Morgan fingerprint density at radius 2 is 2.06 bits per heavy atom. The van der Waals surface area contributed by atoms with Gasteiger partial charge in [0, 0.05) is 16.2 Å². The molecule has 2 aromatic rings. The lowest BCUT2D eigenvalue weighted by Crippen LogP contribution is -2.11. The van der Waals surface area contributed by atoms with E-state index in [0.717, 1.165) is 9.13 Å². The summed E-state index contributed by atoms with van der Waals surface area (Å²) in [6.07, 6.45) is 0. The van der Waals surface area contributed by atoms with Gasteiger partial charge in [-0.2, -0.15) is 0 Å². The van der Waals surface area contributed by atoms with Crippen LogP contribution in [0.3, 0.4) is 0 Å². The summed E-state index contributed by atoms with van der Waals surface area (Å²) in [5.74, 6) is -0.404. The maximum absolute atomic E-state index is 11.9. The number of carbonyl (C=O) groups is 1. The van der Waals surface area contributed by atoms with Crippen molar-refractivity contribution in [2.24, 2.45) is 7.05 Å². The number of esters is 1. The predicted molar refractivity (Wildman–Crippen MR) is 75.1 cm³/mol. The van der Waals surface area contributed by atoms with E-state index < -0.39 is 5.97 Å². The van der Waals surface area contributed by atoms with Crippen LogP contribution in [0.15, 0.2) is 24.3 Å². The highest BCUT2D eigenvalue weighted by Crippen LogP contribution is 2.22. The van der Waals surface area contributed by atoms with Crippen LogP contribution in [-0.2, 0) is 11.8 Å². The van der Waals surface area contributed by atoms with Crippen molar-refractivity contribution in [3.05, 3.63) is 33.5 Å². The zero-order chi connectivity index (χ0) is 13.1. The lowest BCUT2D eigenvalue weighted by atomic mass is 10.1. The van der Waals surface area contributed by atoms with Crippen molar-refractivity contribution < 1.29 is 9.53 Å². The maximum atomic E-state index is 11.9. The van der Waals surface area contributed by atoms with Gasteiger partial charge in [-0.3, -0.25) is 0 Å². The maximum Gasteiger partial charge on any atom is 0.358 e. The second-order valence-electron chi connectivity index (χ2n) is 3.64. The standard InChI is InChI=1S/C12H12IN3O2/c1-3-18-12(17)11-10(14-15-16(11)2)8-4-6-9(13)7-5-8/h4-7H,3H2,1-2H3. The third kappa shape index (κ3) is 2.53. The molecule has 0 aliphatic heterocycles. The minimum Gasteiger partial charge on any atom is -0.461 e. The highest BCUT2D eigenvalue weighted by atomic mass is 127. The first-order chi connectivity index (χ1) is 8.63. The van der Waals surface area contributed by atoms with Crippen LogP contribution in [0.5, 0.6) is 0 Å². The Morgan fingerprint density at radius 1 is 1.39 bits per heavy atom. The van der Waals surface area contributed by atoms with Crippen molar-refractivity contribution in [2.45, 2.75) is 6.92 Å². The van der Waals surface area contributed by atoms with Gasteiger partial charge in [-0.15, -0.1) is 5.10 Å². The molecule has 0 fully saturated rings. The van der Waals surface area contributed by atoms with Gasteiger partial charge < -0.3 is 4.74 Å². The summed E-state index contributed by atoms with van der Waals surface area (Å²) in [4.78, 5) is 11.9. The molecule has 94 valence electrons. The number of ether oxygens (including phenoxy) is 1. The van der Waals surface area contributed by atoms with Crippen LogP contribution in [0.25, 0.3) is 11.3 Å². The largest absolute Gasteiger partial charge is 0.461 e. The topological polar surface area (TPSA) is 57.0 Å². The SMILES string of the molecule is CCOC(=O)c1c(-c2ccc(I)cc2)nnn1C. The van der Waals surface area contributed by atoms with E-state index in [1.54, 1.807) is 14.0 Å². The highest BCUT2D eigenvalue weighted by Gasteiger charge is 2.20. The van der Waals surface area contributed by atoms with Crippen molar-refractivity contribution in [3.8, 4) is 11.3 Å². The van der Waals surface area contributed by atoms with Crippen LogP contribution in [0.4, 0.5) is 0 Å². The molecule has 0 radical (unpaired) electrons. The Morgan fingerprint density at radius 3 is 2.67 bits per heavy atom. The molecule has 0 N–H and O–H groups in total. The van der Waals surface area contributed by atoms with Crippen molar-refractivity contribution in [2.75, 3.05) is 6.61 Å². The van der Waals surface area contributed by atoms with Gasteiger partial charge in [0.15, 0.2) is 5.69 Å². The molecule has 0 saturated carbocycles. The molecule has 18 heavy (non-hydrogen) atoms. The van der Waals surface area contributed by atoms with Gasteiger partial charge in [0.05, 0.1) is 6.61 Å². The van der Waals surface area contributed by atoms with Gasteiger partial charge in [-0.25, -0.2) is 9.48 Å². The van der Waals surface area contributed by atoms with Gasteiger partial charge in [0.25, 0.3) is 0 Å². The molecule has 0 unspecified atom stereocenters. The molecule has 0 amide bonds. The molecule has 6 heteroatoms. The van der Waals surface area contributed by atoms with Crippen molar-refractivity contribution in [1.82, 2.24) is 15.0 Å². The summed E-state index contributed by atoms with van der Waals surface area (Å²) in [5.41, 5.74) is 1.77. The Labute approximate surface area is 118 Å². The summed E-state index contributed by atoms with van der Waals surface area (Å²) in [7, 11) is 1.68. The molecule has 5 nitrogen and oxygen atoms in total. The molecular formula is C12H12IN3O2. The van der Waals surface area contributed by atoms with Gasteiger partial charge in [0.2, 0.25) is 0 Å². The summed E-state index contributed by atoms with van der Waals surface area (Å²) < 4.78 is 7.57. The fraction of sp³-hybridized carbons (Fsp3) is 0.250. The van der Waals surface area contributed by atoms with E-state index in [2.05, 4.69) is 32.9 Å². The average molecular weight is 357 g/mol. The van der Waals surface area contributed by atoms with Crippen molar-refractivity contribution >= 4 is 28.6 Å². The fourth-order valence-corrected chi connectivity index (χ4v) is 1.95. The first kappa shape index (κ1) is 13.0. The molecule has 0 spiro atoms. The monoisotopic (exact) mass is 357 g/mol. The molecule has 2 rings (SSSR count). The third-order valence-corrected chi connectivity index (χ3v) is 3.13. The average Bonchev–Trinajstić information content (AvgIpc) is 2.72. The van der Waals surface area contributed by atoms with E-state index in [9.17, 15) is 4.79 Å². The van der Waals surface area contributed by atoms with E-state index in [1.165, 1.54) is 4.68 Å². The van der Waals surface area contributed by atoms with Crippen LogP contribution < -0.4 is 0 Å². The normalized spacial score (nSPS) is 10.4. The lowest BCUT2D eigenvalue weighted by molar-refractivity contribution is 0.0514. The number of nitrogens with zero attached hydrogens (tertiary/aromatic N) is 3. The van der Waals surface area contributed by atoms with Crippen molar-refractivity contribution in [3.63, 3.8) is 0 Å². The van der Waals surface area contributed by atoms with Crippen LogP contribution in [0.1, 0.15) is 17.4 Å². The zero-order valence-corrected chi connectivity index (χ0v) is 12.2. The van der Waals surface area contributed by atoms with Crippen LogP contribution in [0.2, 0.25) is 0 Å². The number of rotatable bonds is 3. The lowest BCUT2D eigenvalue weighted by Gasteiger charge is -2.04. The van der Waals surface area contributed by atoms with Crippen LogP contribution in [-0.4, -0.2) is 27.6 Å². The van der Waals surface area contributed by atoms with Gasteiger partial charge in [-0.1, -0.05) is 17.3 Å². The molecule has 0 atom stereocenters. The molecular weight excluding hydrogens is 345 g/mol. The summed E-state index contributed by atoms with van der Waals surface area (Å²) in [5, 5.41) is 7.91. The second kappa shape index (κ2) is 5.47. The Kier molecular flexibility index (Phi) is 3.95. The minimum atomic E-state index is -0.404. The Hall–Kier alpha value is -1.44. The number of carbonyl (C=O) groups excluding carboxylic acids is 1. The first-order valence-electron chi connectivity index (χ1n) is 5.46. The Balaban J connectivity index is 2.45. The van der Waals surface area contributed by atoms with E-state index in [1.807, 2.05) is 24.3 Å². The van der Waals surface area contributed by atoms with E-state index in [-0.39, 0.29) is 0 Å². The number of halogens is 1. The van der Waals surface area contributed by atoms with E-state index in [4.69, 9.17) is 4.74 Å². The molecule has 1 aromatic carbocycles. The smallest absolute Gasteiger partial charge is 0.358 e. The molecule has 0 aliphatic carbocycles. The van der Waals surface area contributed by atoms with Crippen LogP contribution >= 0.6 is 22.6 Å². The summed E-state index contributed by atoms with van der Waals surface area (Å²) >= 11 is 2.22. The minimum absolute atomic E-state index is 0.330. The third-order valence-electron chi connectivity index (χ3n) is 2.41. The fourth-order valence-electron chi connectivity index (χ4n) is 1.59. The summed E-state index contributed by atoms with van der Waals surface area (Å²) in [6.45, 7) is 2.10. The molecule has 1 heterocycles. The number of hydrogen-bond acceptors (Lipinski definition) is 4. The van der Waals surface area contributed by atoms with Gasteiger partial charge in [-0.05, 0) is 41.6 Å². The van der Waals surface area contributed by atoms with E-state index >= 15 is 0 Å². The van der Waals surface area contributed by atoms with Gasteiger partial charge in [0.1, 0.15) is 5.69 Å². The number of aryl methyl sites for hydroxylation is 1. The predicted octanol–water partition coefficient (Wildman–Crippen LogP) is 2.26. The molecule has 1 aromatic heterocycles. The summed E-state index contributed by atoms with van der Waals surface area (Å²) in [6, 6.07) is 7.74. The molecule has 0 saturated heterocycles. The van der Waals surface area contributed by atoms with Crippen molar-refractivity contribution in [1.29, 1.82) is 0 Å². The highest BCUT2D eigenvalue weighted by molar-refractivity contribution is 14.1. The second-order valence-corrected chi connectivity index (χ2v) is 4.88. The van der Waals surface area contributed by atoms with Crippen LogP contribution in [0, 0.1) is 3.57 Å². The number of hydrogen-bond donors (Lipinski definition) is 0. The van der Waals surface area contributed by atoms with Gasteiger partial charge >= 0.3 is 5.97 Å². The number of benzene rings is 1. The first-order valence-corrected chi connectivity index (χ1v) is 6.54. The quantitative estimate of drug-likeness (QED) is 0.625. The molecule has 0 aliphatic rings. The Bertz CT molecular complexity index is 563.